The number of anilines is 2. The summed E-state index contributed by atoms with van der Waals surface area (Å²) in [5.41, 5.74) is 3.00. The summed E-state index contributed by atoms with van der Waals surface area (Å²) < 4.78 is 5.05. The molecule has 2 rings (SSSR count). The Bertz CT molecular complexity index is 771. The van der Waals surface area contributed by atoms with Gasteiger partial charge in [0.05, 0.1) is 0 Å². The van der Waals surface area contributed by atoms with Crippen molar-refractivity contribution in [3.63, 3.8) is 0 Å². The molecule has 1 heterocycles. The normalized spacial score (nSPS) is 10.7. The number of aromatic nitrogens is 1. The summed E-state index contributed by atoms with van der Waals surface area (Å²) in [6, 6.07) is 5.66. The van der Waals surface area contributed by atoms with Crippen molar-refractivity contribution in [2.45, 2.75) is 34.1 Å². The second-order valence-electron chi connectivity index (χ2n) is 6.52. The Hall–Kier alpha value is -2.41. The SMILES string of the molecule is Cc1cccc(NC(=O)COC(=O)c2csc(NCCC(C)C)n2)c1C. The highest BCUT2D eigenvalue weighted by atomic mass is 32.1. The maximum Gasteiger partial charge on any atom is 0.358 e. The molecule has 0 aliphatic heterocycles. The number of nitrogens with one attached hydrogen (secondary N) is 2. The number of rotatable bonds is 8. The molecule has 26 heavy (non-hydrogen) atoms. The summed E-state index contributed by atoms with van der Waals surface area (Å²) in [4.78, 5) is 28.2. The summed E-state index contributed by atoms with van der Waals surface area (Å²) in [6.45, 7) is 8.66. The molecule has 0 bridgehead atoms. The van der Waals surface area contributed by atoms with E-state index in [1.54, 1.807) is 5.38 Å². The predicted molar refractivity (Wildman–Crippen MR) is 105 cm³/mol. The molecule has 140 valence electrons. The number of amides is 1. The Morgan fingerprint density at radius 2 is 2.04 bits per heavy atom. The fraction of sp³-hybridized carbons (Fsp3) is 0.421. The Morgan fingerprint density at radius 3 is 2.77 bits per heavy atom. The molecule has 0 saturated heterocycles. The first-order chi connectivity index (χ1) is 12.4. The first kappa shape index (κ1) is 19.9. The fourth-order valence-electron chi connectivity index (χ4n) is 2.19. The van der Waals surface area contributed by atoms with Crippen LogP contribution in [-0.4, -0.2) is 30.0 Å². The summed E-state index contributed by atoms with van der Waals surface area (Å²) >= 11 is 1.35. The average molecular weight is 375 g/mol. The number of ether oxygens (including phenoxy) is 1. The van der Waals surface area contributed by atoms with Crippen LogP contribution in [-0.2, 0) is 9.53 Å². The third-order valence-electron chi connectivity index (χ3n) is 3.92. The topological polar surface area (TPSA) is 80.3 Å². The third kappa shape index (κ3) is 5.84. The van der Waals surface area contributed by atoms with Gasteiger partial charge in [0.2, 0.25) is 0 Å². The lowest BCUT2D eigenvalue weighted by Gasteiger charge is -2.10. The van der Waals surface area contributed by atoms with Crippen molar-refractivity contribution in [1.82, 2.24) is 4.98 Å². The second kappa shape index (κ2) is 9.33. The zero-order valence-corrected chi connectivity index (χ0v) is 16.4. The first-order valence-corrected chi connectivity index (χ1v) is 9.47. The van der Waals surface area contributed by atoms with E-state index in [0.717, 1.165) is 29.8 Å². The number of nitrogens with zero attached hydrogens (tertiary/aromatic N) is 1. The van der Waals surface area contributed by atoms with Gasteiger partial charge in [0.15, 0.2) is 17.4 Å². The van der Waals surface area contributed by atoms with Gasteiger partial charge in [-0.2, -0.15) is 0 Å². The smallest absolute Gasteiger partial charge is 0.358 e. The van der Waals surface area contributed by atoms with Crippen molar-refractivity contribution in [2.75, 3.05) is 23.8 Å². The van der Waals surface area contributed by atoms with Gasteiger partial charge in [-0.3, -0.25) is 4.79 Å². The second-order valence-corrected chi connectivity index (χ2v) is 7.38. The average Bonchev–Trinajstić information content (AvgIpc) is 3.05. The maximum atomic E-state index is 12.0. The number of carbonyl (C=O) groups is 2. The van der Waals surface area contributed by atoms with Gasteiger partial charge >= 0.3 is 5.97 Å². The van der Waals surface area contributed by atoms with E-state index in [4.69, 9.17) is 4.74 Å². The largest absolute Gasteiger partial charge is 0.451 e. The Balaban J connectivity index is 1.81. The Kier molecular flexibility index (Phi) is 7.15. The molecular formula is C19H25N3O3S. The standard InChI is InChI=1S/C19H25N3O3S/c1-12(2)8-9-20-19-22-16(11-26-19)18(24)25-10-17(23)21-15-7-5-6-13(3)14(15)4/h5-7,11-12H,8-10H2,1-4H3,(H,20,22)(H,21,23). The van der Waals surface area contributed by atoms with Gasteiger partial charge in [0.25, 0.3) is 5.91 Å². The predicted octanol–water partition coefficient (Wildman–Crippen LogP) is 4.01. The van der Waals surface area contributed by atoms with Crippen LogP contribution in [0.1, 0.15) is 41.9 Å². The van der Waals surface area contributed by atoms with Crippen molar-refractivity contribution in [3.8, 4) is 0 Å². The van der Waals surface area contributed by atoms with E-state index in [-0.39, 0.29) is 18.2 Å². The van der Waals surface area contributed by atoms with E-state index < -0.39 is 5.97 Å². The molecule has 1 aromatic carbocycles. The van der Waals surface area contributed by atoms with Crippen molar-refractivity contribution in [3.05, 3.63) is 40.4 Å². The van der Waals surface area contributed by atoms with Crippen LogP contribution < -0.4 is 10.6 Å². The minimum Gasteiger partial charge on any atom is -0.451 e. The number of benzene rings is 1. The summed E-state index contributed by atoms with van der Waals surface area (Å²) in [5, 5.41) is 8.24. The van der Waals surface area contributed by atoms with Gasteiger partial charge < -0.3 is 15.4 Å². The quantitative estimate of drug-likeness (QED) is 0.681. The van der Waals surface area contributed by atoms with Crippen LogP contribution in [0.15, 0.2) is 23.6 Å². The number of aryl methyl sites for hydroxylation is 1. The molecule has 0 fully saturated rings. The highest BCUT2D eigenvalue weighted by Crippen LogP contribution is 2.18. The van der Waals surface area contributed by atoms with Crippen LogP contribution in [0, 0.1) is 19.8 Å². The van der Waals surface area contributed by atoms with Crippen molar-refractivity contribution in [2.24, 2.45) is 5.92 Å². The van der Waals surface area contributed by atoms with Crippen LogP contribution in [0.2, 0.25) is 0 Å². The zero-order valence-electron chi connectivity index (χ0n) is 15.6. The minimum atomic E-state index is -0.603. The number of hydrogen-bond donors (Lipinski definition) is 2. The van der Waals surface area contributed by atoms with Gasteiger partial charge in [0, 0.05) is 17.6 Å². The number of thiazole rings is 1. The number of hydrogen-bond acceptors (Lipinski definition) is 6. The molecule has 0 aliphatic rings. The highest BCUT2D eigenvalue weighted by Gasteiger charge is 2.15. The summed E-state index contributed by atoms with van der Waals surface area (Å²) in [5.74, 6) is -0.380. The van der Waals surface area contributed by atoms with Crippen molar-refractivity contribution < 1.29 is 14.3 Å². The molecule has 1 amide bonds. The van der Waals surface area contributed by atoms with Crippen molar-refractivity contribution in [1.29, 1.82) is 0 Å². The zero-order chi connectivity index (χ0) is 19.1. The summed E-state index contributed by atoms with van der Waals surface area (Å²) in [7, 11) is 0. The molecule has 0 unspecified atom stereocenters. The maximum absolute atomic E-state index is 12.0. The Labute approximate surface area is 158 Å². The van der Waals surface area contributed by atoms with Crippen LogP contribution >= 0.6 is 11.3 Å². The highest BCUT2D eigenvalue weighted by molar-refractivity contribution is 7.13. The number of carbonyl (C=O) groups excluding carboxylic acids is 2. The van der Waals surface area contributed by atoms with Crippen LogP contribution in [0.4, 0.5) is 10.8 Å². The molecular weight excluding hydrogens is 350 g/mol. The van der Waals surface area contributed by atoms with Gasteiger partial charge in [-0.15, -0.1) is 11.3 Å². The van der Waals surface area contributed by atoms with E-state index in [0.29, 0.717) is 11.0 Å². The molecule has 0 saturated carbocycles. The molecule has 0 atom stereocenters. The molecule has 0 spiro atoms. The molecule has 7 heteroatoms. The van der Waals surface area contributed by atoms with Gasteiger partial charge in [-0.1, -0.05) is 26.0 Å². The van der Waals surface area contributed by atoms with E-state index in [1.807, 2.05) is 32.0 Å². The van der Waals surface area contributed by atoms with E-state index in [9.17, 15) is 9.59 Å². The Morgan fingerprint density at radius 1 is 1.27 bits per heavy atom. The molecule has 0 radical (unpaired) electrons. The minimum absolute atomic E-state index is 0.210. The molecule has 0 aliphatic carbocycles. The lowest BCUT2D eigenvalue weighted by atomic mass is 10.1. The fourth-order valence-corrected chi connectivity index (χ4v) is 2.90. The molecule has 2 aromatic rings. The first-order valence-electron chi connectivity index (χ1n) is 8.59. The molecule has 2 N–H and O–H groups in total. The molecule has 1 aromatic heterocycles. The lowest BCUT2D eigenvalue weighted by molar-refractivity contribution is -0.119. The van der Waals surface area contributed by atoms with E-state index >= 15 is 0 Å². The van der Waals surface area contributed by atoms with Crippen LogP contribution in [0.25, 0.3) is 0 Å². The van der Waals surface area contributed by atoms with Crippen LogP contribution in [0.3, 0.4) is 0 Å². The van der Waals surface area contributed by atoms with E-state index in [1.165, 1.54) is 11.3 Å². The van der Waals surface area contributed by atoms with E-state index in [2.05, 4.69) is 29.5 Å². The lowest BCUT2D eigenvalue weighted by Crippen LogP contribution is -2.21. The number of esters is 1. The summed E-state index contributed by atoms with van der Waals surface area (Å²) in [6.07, 6.45) is 1.03. The monoisotopic (exact) mass is 375 g/mol. The van der Waals surface area contributed by atoms with Gasteiger partial charge in [-0.05, 0) is 43.4 Å². The van der Waals surface area contributed by atoms with Gasteiger partial charge in [-0.25, -0.2) is 9.78 Å². The van der Waals surface area contributed by atoms with Gasteiger partial charge in [0.1, 0.15) is 0 Å². The molecule has 6 nitrogen and oxygen atoms in total. The third-order valence-corrected chi connectivity index (χ3v) is 4.72. The van der Waals surface area contributed by atoms with Crippen LogP contribution in [0.5, 0.6) is 0 Å². The van der Waals surface area contributed by atoms with Crippen molar-refractivity contribution >= 4 is 34.0 Å².